The number of hydrogen-bond donors (Lipinski definition) is 0. The van der Waals surface area contributed by atoms with E-state index >= 15 is 0 Å². The minimum Gasteiger partial charge on any atom is -0.497 e. The first-order valence-electron chi connectivity index (χ1n) is 7.88. The molecule has 3 rings (SSSR count). The third kappa shape index (κ3) is 3.18. The van der Waals surface area contributed by atoms with E-state index < -0.39 is 15.8 Å². The highest BCUT2D eigenvalue weighted by Gasteiger charge is 2.39. The van der Waals surface area contributed by atoms with Gasteiger partial charge in [-0.25, -0.2) is 8.42 Å². The van der Waals surface area contributed by atoms with Crippen LogP contribution in [-0.2, 0) is 16.3 Å². The molecule has 0 aliphatic carbocycles. The molecule has 1 aliphatic rings. The summed E-state index contributed by atoms with van der Waals surface area (Å²) in [6, 6.07) is 5.67. The van der Waals surface area contributed by atoms with Gasteiger partial charge in [-0.2, -0.15) is 0 Å². The average Bonchev–Trinajstić information content (AvgIpc) is 2.87. The zero-order chi connectivity index (χ0) is 17.5. The van der Waals surface area contributed by atoms with Crippen molar-refractivity contribution >= 4 is 26.6 Å². The van der Waals surface area contributed by atoms with Crippen LogP contribution in [0.25, 0.3) is 10.9 Å². The fraction of sp³-hybridized carbons (Fsp3) is 0.471. The van der Waals surface area contributed by atoms with Crippen LogP contribution < -0.4 is 4.74 Å². The second-order valence-corrected chi connectivity index (χ2v) is 8.73. The first-order valence-corrected chi connectivity index (χ1v) is 9.70. The molecule has 0 radical (unpaired) electrons. The standard InChI is InChI=1S/C17H22N2O4S/c1-18(2)7-6-12-9-19(17(20)13-10-24(21,22)11-13)16-8-14(23-3)4-5-15(12)16/h4-5,8-9,13H,6-7,10-11H2,1-3H3. The third-order valence-electron chi connectivity index (χ3n) is 4.42. The van der Waals surface area contributed by atoms with Crippen LogP contribution in [0.4, 0.5) is 0 Å². The van der Waals surface area contributed by atoms with E-state index in [1.807, 2.05) is 38.5 Å². The van der Waals surface area contributed by atoms with Gasteiger partial charge in [0.25, 0.3) is 0 Å². The van der Waals surface area contributed by atoms with Gasteiger partial charge in [-0.15, -0.1) is 0 Å². The van der Waals surface area contributed by atoms with E-state index in [0.29, 0.717) is 5.75 Å². The van der Waals surface area contributed by atoms with Crippen molar-refractivity contribution in [3.8, 4) is 5.75 Å². The number of aromatic nitrogens is 1. The Morgan fingerprint density at radius 3 is 2.62 bits per heavy atom. The number of nitrogens with zero attached hydrogens (tertiary/aromatic N) is 2. The van der Waals surface area contributed by atoms with Gasteiger partial charge in [-0.1, -0.05) is 0 Å². The van der Waals surface area contributed by atoms with Crippen LogP contribution in [0, 0.1) is 5.92 Å². The molecule has 1 saturated heterocycles. The normalized spacial score (nSPS) is 17.2. The first-order chi connectivity index (χ1) is 11.3. The van der Waals surface area contributed by atoms with Gasteiger partial charge in [0.05, 0.1) is 30.1 Å². The number of carbonyl (C=O) groups excluding carboxylic acids is 1. The highest BCUT2D eigenvalue weighted by molar-refractivity contribution is 7.92. The highest BCUT2D eigenvalue weighted by Crippen LogP contribution is 2.29. The molecule has 0 N–H and O–H groups in total. The smallest absolute Gasteiger partial charge is 0.236 e. The maximum Gasteiger partial charge on any atom is 0.236 e. The van der Waals surface area contributed by atoms with Gasteiger partial charge >= 0.3 is 0 Å². The van der Waals surface area contributed by atoms with E-state index in [9.17, 15) is 13.2 Å². The molecule has 0 spiro atoms. The molecule has 0 bridgehead atoms. The molecular weight excluding hydrogens is 328 g/mol. The predicted molar refractivity (Wildman–Crippen MR) is 93.5 cm³/mol. The number of methoxy groups -OCH3 is 1. The molecule has 1 aromatic carbocycles. The van der Waals surface area contributed by atoms with Crippen molar-refractivity contribution in [1.82, 2.24) is 9.47 Å². The molecule has 2 heterocycles. The summed E-state index contributed by atoms with van der Waals surface area (Å²) in [5.74, 6) is -0.0295. The Morgan fingerprint density at radius 2 is 2.04 bits per heavy atom. The molecule has 130 valence electrons. The van der Waals surface area contributed by atoms with Crippen LogP contribution in [0.1, 0.15) is 10.4 Å². The summed E-state index contributed by atoms with van der Waals surface area (Å²) in [5, 5.41) is 1.01. The number of carbonyl (C=O) groups is 1. The summed E-state index contributed by atoms with van der Waals surface area (Å²) in [5.41, 5.74) is 1.86. The summed E-state index contributed by atoms with van der Waals surface area (Å²) >= 11 is 0. The first kappa shape index (κ1) is 17.0. The highest BCUT2D eigenvalue weighted by atomic mass is 32.2. The van der Waals surface area contributed by atoms with Crippen molar-refractivity contribution in [2.24, 2.45) is 5.92 Å². The minimum atomic E-state index is -3.03. The van der Waals surface area contributed by atoms with Crippen molar-refractivity contribution in [3.05, 3.63) is 30.0 Å². The van der Waals surface area contributed by atoms with Gasteiger partial charge < -0.3 is 9.64 Å². The molecule has 1 fully saturated rings. The largest absolute Gasteiger partial charge is 0.497 e. The fourth-order valence-corrected chi connectivity index (χ4v) is 4.45. The van der Waals surface area contributed by atoms with Gasteiger partial charge in [0, 0.05) is 24.2 Å². The third-order valence-corrected chi connectivity index (χ3v) is 6.24. The van der Waals surface area contributed by atoms with Gasteiger partial charge in [0.2, 0.25) is 5.91 Å². The summed E-state index contributed by atoms with van der Waals surface area (Å²) in [7, 11) is 2.57. The fourth-order valence-electron chi connectivity index (χ4n) is 3.03. The number of fused-ring (bicyclic) bond motifs is 1. The van der Waals surface area contributed by atoms with E-state index in [1.54, 1.807) is 11.7 Å². The van der Waals surface area contributed by atoms with Crippen molar-refractivity contribution in [3.63, 3.8) is 0 Å². The minimum absolute atomic E-state index is 0.0531. The topological polar surface area (TPSA) is 68.6 Å². The van der Waals surface area contributed by atoms with Gasteiger partial charge in [0.15, 0.2) is 9.84 Å². The monoisotopic (exact) mass is 350 g/mol. The SMILES string of the molecule is COc1ccc2c(CCN(C)C)cn(C(=O)C3CS(=O)(=O)C3)c2c1. The molecule has 0 amide bonds. The summed E-state index contributed by atoms with van der Waals surface area (Å²) < 4.78 is 29.7. The number of ether oxygens (including phenoxy) is 1. The molecule has 6 nitrogen and oxygen atoms in total. The van der Waals surface area contributed by atoms with Gasteiger partial charge in [-0.05, 0) is 38.2 Å². The Kier molecular flexibility index (Phi) is 4.40. The Labute approximate surface area is 141 Å². The molecule has 0 saturated carbocycles. The Balaban J connectivity index is 2.00. The molecular formula is C17H22N2O4S. The molecule has 0 unspecified atom stereocenters. The molecule has 24 heavy (non-hydrogen) atoms. The van der Waals surface area contributed by atoms with Crippen molar-refractivity contribution in [2.45, 2.75) is 6.42 Å². The van der Waals surface area contributed by atoms with Crippen LogP contribution in [0.2, 0.25) is 0 Å². The predicted octanol–water partition coefficient (Wildman–Crippen LogP) is 1.44. The molecule has 1 aliphatic heterocycles. The zero-order valence-electron chi connectivity index (χ0n) is 14.2. The lowest BCUT2D eigenvalue weighted by molar-refractivity contribution is 0.0855. The summed E-state index contributed by atoms with van der Waals surface area (Å²) in [4.78, 5) is 14.8. The van der Waals surface area contributed by atoms with Crippen LogP contribution in [0.15, 0.2) is 24.4 Å². The quantitative estimate of drug-likeness (QED) is 0.816. The molecule has 2 aromatic rings. The van der Waals surface area contributed by atoms with Gasteiger partial charge in [-0.3, -0.25) is 9.36 Å². The zero-order valence-corrected chi connectivity index (χ0v) is 15.0. The number of hydrogen-bond acceptors (Lipinski definition) is 5. The van der Waals surface area contributed by atoms with E-state index in [1.165, 1.54) is 0 Å². The average molecular weight is 350 g/mol. The molecule has 7 heteroatoms. The summed E-state index contributed by atoms with van der Waals surface area (Å²) in [6.45, 7) is 0.872. The van der Waals surface area contributed by atoms with E-state index in [0.717, 1.165) is 29.4 Å². The van der Waals surface area contributed by atoms with E-state index in [2.05, 4.69) is 4.90 Å². The number of rotatable bonds is 5. The van der Waals surface area contributed by atoms with Gasteiger partial charge in [0.1, 0.15) is 5.75 Å². The van der Waals surface area contributed by atoms with Crippen molar-refractivity contribution in [1.29, 1.82) is 0 Å². The lowest BCUT2D eigenvalue weighted by Gasteiger charge is -2.24. The Hall–Kier alpha value is -1.86. The van der Waals surface area contributed by atoms with Crippen LogP contribution in [0.5, 0.6) is 5.75 Å². The van der Waals surface area contributed by atoms with E-state index in [4.69, 9.17) is 4.74 Å². The molecule has 1 aromatic heterocycles. The maximum absolute atomic E-state index is 12.7. The summed E-state index contributed by atoms with van der Waals surface area (Å²) in [6.07, 6.45) is 2.67. The van der Waals surface area contributed by atoms with Crippen LogP contribution in [-0.4, -0.2) is 63.0 Å². The van der Waals surface area contributed by atoms with Crippen LogP contribution >= 0.6 is 0 Å². The number of sulfone groups is 1. The van der Waals surface area contributed by atoms with E-state index in [-0.39, 0.29) is 17.4 Å². The lowest BCUT2D eigenvalue weighted by Crippen LogP contribution is -2.43. The second kappa shape index (κ2) is 6.22. The van der Waals surface area contributed by atoms with Crippen LogP contribution in [0.3, 0.4) is 0 Å². The second-order valence-electron chi connectivity index (χ2n) is 6.57. The van der Waals surface area contributed by atoms with Crippen molar-refractivity contribution < 1.29 is 17.9 Å². The Morgan fingerprint density at radius 1 is 1.33 bits per heavy atom. The number of benzene rings is 1. The lowest BCUT2D eigenvalue weighted by atomic mass is 10.1. The number of likely N-dealkylation sites (N-methyl/N-ethyl adjacent to an activating group) is 1. The molecule has 0 atom stereocenters. The van der Waals surface area contributed by atoms with Crippen molar-refractivity contribution in [2.75, 3.05) is 39.3 Å². The maximum atomic E-state index is 12.7. The Bertz CT molecular complexity index is 871.